The summed E-state index contributed by atoms with van der Waals surface area (Å²) < 4.78 is 20.6. The fourth-order valence-corrected chi connectivity index (χ4v) is 6.27. The van der Waals surface area contributed by atoms with E-state index < -0.39 is 18.0 Å². The second kappa shape index (κ2) is 18.6. The molecule has 0 bridgehead atoms. The molecule has 0 unspecified atom stereocenters. The molecule has 2 aromatic heterocycles. The quantitative estimate of drug-likeness (QED) is 0.155. The third-order valence-electron chi connectivity index (χ3n) is 8.76. The smallest absolute Gasteiger partial charge is 0.407 e. The molecule has 2 aromatic carbocycles. The van der Waals surface area contributed by atoms with Crippen LogP contribution in [-0.4, -0.2) is 63.1 Å². The first-order valence-corrected chi connectivity index (χ1v) is 16.2. The van der Waals surface area contributed by atoms with Crippen molar-refractivity contribution in [2.45, 2.75) is 57.7 Å². The molecule has 0 radical (unpaired) electrons. The minimum absolute atomic E-state index is 0. The molecule has 2 aliphatic heterocycles. The maximum Gasteiger partial charge on any atom is 0.407 e. The lowest BCUT2D eigenvalue weighted by atomic mass is 9.96. The molecule has 4 heterocycles. The van der Waals surface area contributed by atoms with Crippen LogP contribution >= 0.6 is 37.2 Å². The standard InChI is InChI=1S/C37H38FN7O3.3ClH/c1-23(2)33(44-37(47)48-3)36(46)45-18-10-16-32(45)35-41-22-31(43-35)25-19-28(24-11-5-4-6-12-24)27(29(38)20-25)14-8-7-13-26-21-40-34(42-26)30-15-9-17-39-30;;;/h4-6,11-12,19-23,30,32-33,39H,9-10,15-18H2,1-3H3,(H,40,42)(H,41,43)(H,44,47);3*1H/t30-,32-,33-;;;/m0.../s1. The Hall–Kier alpha value is -4.52. The molecular formula is C37H41Cl3FN7O3. The summed E-state index contributed by atoms with van der Waals surface area (Å²) in [7, 11) is 1.27. The van der Waals surface area contributed by atoms with Crippen LogP contribution in [0.2, 0.25) is 0 Å². The van der Waals surface area contributed by atoms with Crippen LogP contribution in [-0.2, 0) is 9.53 Å². The molecule has 0 spiro atoms. The van der Waals surface area contributed by atoms with Crippen LogP contribution in [0, 0.1) is 35.4 Å². The van der Waals surface area contributed by atoms with Crippen molar-refractivity contribution < 1.29 is 18.7 Å². The highest BCUT2D eigenvalue weighted by Gasteiger charge is 2.37. The molecule has 51 heavy (non-hydrogen) atoms. The number of nitrogens with zero attached hydrogens (tertiary/aromatic N) is 3. The van der Waals surface area contributed by atoms with Gasteiger partial charge in [0.25, 0.3) is 0 Å². The predicted octanol–water partition coefficient (Wildman–Crippen LogP) is 6.74. The van der Waals surface area contributed by atoms with Gasteiger partial charge in [-0.1, -0.05) is 44.2 Å². The normalized spacial score (nSPS) is 16.7. The topological polar surface area (TPSA) is 128 Å². The van der Waals surface area contributed by atoms with Crippen LogP contribution in [0.15, 0.2) is 54.9 Å². The van der Waals surface area contributed by atoms with Gasteiger partial charge in [-0.25, -0.2) is 19.2 Å². The van der Waals surface area contributed by atoms with E-state index in [2.05, 4.69) is 54.3 Å². The van der Waals surface area contributed by atoms with Gasteiger partial charge in [-0.15, -0.1) is 37.2 Å². The van der Waals surface area contributed by atoms with E-state index in [4.69, 9.17) is 4.74 Å². The average molecular weight is 757 g/mol. The lowest BCUT2D eigenvalue weighted by molar-refractivity contribution is -0.135. The number of hydrogen-bond donors (Lipinski definition) is 4. The number of aromatic nitrogens is 4. The van der Waals surface area contributed by atoms with Gasteiger partial charge in [0.05, 0.1) is 42.8 Å². The molecule has 2 saturated heterocycles. The van der Waals surface area contributed by atoms with E-state index in [0.717, 1.165) is 37.2 Å². The van der Waals surface area contributed by atoms with Crippen LogP contribution in [0.4, 0.5) is 9.18 Å². The van der Waals surface area contributed by atoms with E-state index in [1.807, 2.05) is 50.2 Å². The van der Waals surface area contributed by atoms with Crippen molar-refractivity contribution in [2.24, 2.45) is 5.92 Å². The molecule has 270 valence electrons. The summed E-state index contributed by atoms with van der Waals surface area (Å²) in [4.78, 5) is 42.9. The number of rotatable bonds is 7. The van der Waals surface area contributed by atoms with Crippen LogP contribution in [0.5, 0.6) is 0 Å². The third kappa shape index (κ3) is 9.43. The maximum atomic E-state index is 15.9. The Morgan fingerprint density at radius 1 is 0.961 bits per heavy atom. The van der Waals surface area contributed by atoms with Gasteiger partial charge in [0.2, 0.25) is 5.91 Å². The summed E-state index contributed by atoms with van der Waals surface area (Å²) in [5, 5.41) is 6.07. The molecule has 2 amide bonds. The van der Waals surface area contributed by atoms with E-state index in [9.17, 15) is 9.59 Å². The van der Waals surface area contributed by atoms with Crippen LogP contribution in [0.25, 0.3) is 22.4 Å². The summed E-state index contributed by atoms with van der Waals surface area (Å²) in [6.45, 7) is 5.26. The molecule has 10 nitrogen and oxygen atoms in total. The van der Waals surface area contributed by atoms with Gasteiger partial charge in [0.1, 0.15) is 29.2 Å². The highest BCUT2D eigenvalue weighted by Crippen LogP contribution is 2.35. The van der Waals surface area contributed by atoms with Crippen LogP contribution in [0.3, 0.4) is 0 Å². The Kier molecular flexibility index (Phi) is 15.0. The van der Waals surface area contributed by atoms with Gasteiger partial charge in [0.15, 0.2) is 0 Å². The molecule has 14 heteroatoms. The molecule has 6 rings (SSSR count). The third-order valence-corrected chi connectivity index (χ3v) is 8.76. The Morgan fingerprint density at radius 3 is 2.41 bits per heavy atom. The fraction of sp³-hybridized carbons (Fsp3) is 0.351. The van der Waals surface area contributed by atoms with E-state index in [-0.39, 0.29) is 66.7 Å². The summed E-state index contributed by atoms with van der Waals surface area (Å²) in [5.41, 5.74) is 3.53. The number of amides is 2. The van der Waals surface area contributed by atoms with E-state index in [1.54, 1.807) is 17.3 Å². The number of carbonyl (C=O) groups excluding carboxylic acids is 2. The first-order chi connectivity index (χ1) is 23.3. The average Bonchev–Trinajstić information content (AvgIpc) is 3.93. The fourth-order valence-electron chi connectivity index (χ4n) is 6.27. The minimum atomic E-state index is -0.737. The zero-order valence-corrected chi connectivity index (χ0v) is 30.9. The van der Waals surface area contributed by atoms with Crippen molar-refractivity contribution in [3.63, 3.8) is 0 Å². The molecule has 2 aliphatic rings. The number of ether oxygens (including phenoxy) is 1. The number of benzene rings is 2. The number of carbonyl (C=O) groups is 2. The first kappa shape index (κ1) is 40.9. The number of nitrogens with one attached hydrogen (secondary N) is 4. The lowest BCUT2D eigenvalue weighted by Gasteiger charge is -2.30. The summed E-state index contributed by atoms with van der Waals surface area (Å²) in [6, 6.07) is 12.0. The number of likely N-dealkylation sites (tertiary alicyclic amines) is 1. The van der Waals surface area contributed by atoms with E-state index in [1.165, 1.54) is 13.2 Å². The Labute approximate surface area is 315 Å². The van der Waals surface area contributed by atoms with Crippen molar-refractivity contribution in [1.29, 1.82) is 0 Å². The van der Waals surface area contributed by atoms with Gasteiger partial charge in [0, 0.05) is 17.7 Å². The van der Waals surface area contributed by atoms with Gasteiger partial charge in [-0.3, -0.25) is 4.79 Å². The first-order valence-electron chi connectivity index (χ1n) is 16.2. The van der Waals surface area contributed by atoms with Crippen LogP contribution in [0.1, 0.15) is 74.5 Å². The zero-order valence-electron chi connectivity index (χ0n) is 28.4. The number of alkyl carbamates (subject to hydrolysis) is 1. The zero-order chi connectivity index (χ0) is 33.6. The SMILES string of the molecule is COC(=O)N[C@H](C(=O)N1CCC[C@H]1c1ncc(-c2cc(F)c(C#CC#Cc3cnc([C@@H]4CCCN4)[nH]3)c(-c3ccccc3)c2)[nH]1)C(C)C.Cl.Cl.Cl. The summed E-state index contributed by atoms with van der Waals surface area (Å²) >= 11 is 0. The predicted molar refractivity (Wildman–Crippen MR) is 201 cm³/mol. The number of hydrogen-bond acceptors (Lipinski definition) is 6. The van der Waals surface area contributed by atoms with E-state index >= 15 is 4.39 Å². The molecule has 0 aliphatic carbocycles. The number of halogens is 4. The minimum Gasteiger partial charge on any atom is -0.453 e. The number of imidazole rings is 2. The molecular weight excluding hydrogens is 716 g/mol. The van der Waals surface area contributed by atoms with Gasteiger partial charge < -0.3 is 30.2 Å². The van der Waals surface area contributed by atoms with Gasteiger partial charge >= 0.3 is 6.09 Å². The lowest BCUT2D eigenvalue weighted by Crippen LogP contribution is -2.51. The largest absolute Gasteiger partial charge is 0.453 e. The Morgan fingerprint density at radius 2 is 1.71 bits per heavy atom. The molecule has 3 atom stereocenters. The van der Waals surface area contributed by atoms with Crippen molar-refractivity contribution in [3.8, 4) is 46.1 Å². The maximum absolute atomic E-state index is 15.9. The number of H-pyrrole nitrogens is 2. The molecule has 2 fully saturated rings. The summed E-state index contributed by atoms with van der Waals surface area (Å²) in [6.07, 6.45) is 6.34. The van der Waals surface area contributed by atoms with Gasteiger partial charge in [-0.05, 0) is 79.5 Å². The summed E-state index contributed by atoms with van der Waals surface area (Å²) in [5.74, 6) is 12.2. The second-order valence-electron chi connectivity index (χ2n) is 12.3. The Balaban J connectivity index is 0.00000234. The van der Waals surface area contributed by atoms with Crippen LogP contribution < -0.4 is 10.6 Å². The highest BCUT2D eigenvalue weighted by atomic mass is 35.5. The van der Waals surface area contributed by atoms with Crippen molar-refractivity contribution in [2.75, 3.05) is 20.2 Å². The highest BCUT2D eigenvalue weighted by molar-refractivity contribution is 5.87. The van der Waals surface area contributed by atoms with Gasteiger partial charge in [-0.2, -0.15) is 0 Å². The van der Waals surface area contributed by atoms with E-state index in [0.29, 0.717) is 41.3 Å². The molecule has 4 aromatic rings. The Bertz CT molecular complexity index is 1920. The van der Waals surface area contributed by atoms with Crippen molar-refractivity contribution in [1.82, 2.24) is 35.5 Å². The second-order valence-corrected chi connectivity index (χ2v) is 12.3. The number of methoxy groups -OCH3 is 1. The molecule has 4 N–H and O–H groups in total. The van der Waals surface area contributed by atoms with Crippen molar-refractivity contribution in [3.05, 3.63) is 83.6 Å². The molecule has 0 saturated carbocycles. The monoisotopic (exact) mass is 755 g/mol. The number of aromatic amines is 2. The van der Waals surface area contributed by atoms with Crippen molar-refractivity contribution >= 4 is 49.2 Å².